The van der Waals surface area contributed by atoms with Crippen molar-refractivity contribution in [3.8, 4) is 0 Å². The average molecular weight is 243 g/mol. The molecule has 3 rings (SSSR count). The summed E-state index contributed by atoms with van der Waals surface area (Å²) in [6.45, 7) is 0. The summed E-state index contributed by atoms with van der Waals surface area (Å²) in [4.78, 5) is 23.2. The maximum atomic E-state index is 11.9. The van der Waals surface area contributed by atoms with Crippen molar-refractivity contribution >= 4 is 33.6 Å². The van der Waals surface area contributed by atoms with E-state index >= 15 is 0 Å². The number of para-hydroxylation sites is 1. The van der Waals surface area contributed by atoms with E-state index in [2.05, 4.69) is 15.0 Å². The van der Waals surface area contributed by atoms with Gasteiger partial charge in [-0.1, -0.05) is 30.0 Å². The van der Waals surface area contributed by atoms with Gasteiger partial charge in [-0.15, -0.1) is 0 Å². The number of thioether (sulfide) groups is 1. The number of nitrogens with zero attached hydrogens (tertiary/aromatic N) is 2. The van der Waals surface area contributed by atoms with Crippen LogP contribution in [0.1, 0.15) is 0 Å². The van der Waals surface area contributed by atoms with Gasteiger partial charge in [0.2, 0.25) is 0 Å². The molecule has 3 aromatic rings. The van der Waals surface area contributed by atoms with Gasteiger partial charge in [-0.2, -0.15) is 0 Å². The van der Waals surface area contributed by atoms with Crippen molar-refractivity contribution in [2.24, 2.45) is 0 Å². The van der Waals surface area contributed by atoms with E-state index in [1.807, 2.05) is 30.5 Å². The molecule has 2 aromatic heterocycles. The van der Waals surface area contributed by atoms with Crippen molar-refractivity contribution in [1.29, 1.82) is 0 Å². The Labute approximate surface area is 101 Å². The third-order valence-corrected chi connectivity index (χ3v) is 3.19. The Kier molecular flexibility index (Phi) is 2.33. The number of aromatic nitrogens is 3. The van der Waals surface area contributed by atoms with E-state index in [-0.39, 0.29) is 5.56 Å². The molecule has 0 aliphatic rings. The van der Waals surface area contributed by atoms with E-state index < -0.39 is 0 Å². The molecule has 1 N–H and O–H groups in total. The number of fused-ring (bicyclic) bond motifs is 3. The fourth-order valence-electron chi connectivity index (χ4n) is 1.84. The van der Waals surface area contributed by atoms with Gasteiger partial charge >= 0.3 is 0 Å². The number of aromatic amines is 1. The summed E-state index contributed by atoms with van der Waals surface area (Å²) < 4.78 is 0. The van der Waals surface area contributed by atoms with Crippen molar-refractivity contribution in [2.75, 3.05) is 6.26 Å². The number of hydrogen-bond donors (Lipinski definition) is 1. The minimum absolute atomic E-state index is 0.170. The van der Waals surface area contributed by atoms with Crippen LogP contribution in [0, 0.1) is 0 Å². The molecule has 17 heavy (non-hydrogen) atoms. The van der Waals surface area contributed by atoms with Gasteiger partial charge in [0, 0.05) is 22.5 Å². The van der Waals surface area contributed by atoms with E-state index in [4.69, 9.17) is 0 Å². The highest BCUT2D eigenvalue weighted by Crippen LogP contribution is 2.20. The van der Waals surface area contributed by atoms with Crippen LogP contribution in [-0.4, -0.2) is 21.2 Å². The molecule has 0 atom stereocenters. The van der Waals surface area contributed by atoms with E-state index in [1.165, 1.54) is 11.8 Å². The largest absolute Gasteiger partial charge is 0.320 e. The zero-order valence-electron chi connectivity index (χ0n) is 9.10. The van der Waals surface area contributed by atoms with E-state index in [0.29, 0.717) is 10.7 Å². The van der Waals surface area contributed by atoms with Gasteiger partial charge in [0.05, 0.1) is 0 Å². The van der Waals surface area contributed by atoms with Crippen LogP contribution in [0.15, 0.2) is 40.4 Å². The summed E-state index contributed by atoms with van der Waals surface area (Å²) in [7, 11) is 0. The number of pyridine rings is 1. The van der Waals surface area contributed by atoms with Crippen molar-refractivity contribution in [2.45, 2.75) is 5.16 Å². The third kappa shape index (κ3) is 1.59. The molecule has 0 aliphatic heterocycles. The lowest BCUT2D eigenvalue weighted by atomic mass is 10.1. The summed E-state index contributed by atoms with van der Waals surface area (Å²) >= 11 is 1.42. The summed E-state index contributed by atoms with van der Waals surface area (Å²) in [5, 5.41) is 2.37. The topological polar surface area (TPSA) is 58.6 Å². The molecule has 0 saturated carbocycles. The molecule has 0 radical (unpaired) electrons. The Bertz CT molecular complexity index is 766. The van der Waals surface area contributed by atoms with Gasteiger partial charge in [0.1, 0.15) is 5.52 Å². The van der Waals surface area contributed by atoms with Crippen molar-refractivity contribution in [3.05, 3.63) is 40.8 Å². The van der Waals surface area contributed by atoms with Crippen LogP contribution in [0.5, 0.6) is 0 Å². The van der Waals surface area contributed by atoms with Crippen LogP contribution in [0.4, 0.5) is 0 Å². The normalized spacial score (nSPS) is 11.1. The molecule has 0 bridgehead atoms. The van der Waals surface area contributed by atoms with E-state index in [9.17, 15) is 4.79 Å². The molecule has 0 unspecified atom stereocenters. The highest BCUT2D eigenvalue weighted by atomic mass is 32.2. The molecule has 0 saturated heterocycles. The molecule has 0 spiro atoms. The van der Waals surface area contributed by atoms with Crippen LogP contribution in [0.3, 0.4) is 0 Å². The average Bonchev–Trinajstić information content (AvgIpc) is 2.38. The number of nitrogens with one attached hydrogen (secondary N) is 1. The zero-order chi connectivity index (χ0) is 11.8. The first-order valence-corrected chi connectivity index (χ1v) is 6.34. The standard InChI is InChI=1S/C12H9N3OS/c1-17-12-13-6-8-7-4-2-3-5-9(7)14-11(16)10(8)15-12/h2-6H,1H3,(H,14,16). The van der Waals surface area contributed by atoms with E-state index in [0.717, 1.165) is 16.3 Å². The summed E-state index contributed by atoms with van der Waals surface area (Å²) in [6.07, 6.45) is 3.60. The molecule has 2 heterocycles. The van der Waals surface area contributed by atoms with Crippen LogP contribution in [-0.2, 0) is 0 Å². The Morgan fingerprint density at radius 3 is 2.88 bits per heavy atom. The lowest BCUT2D eigenvalue weighted by Gasteiger charge is -2.03. The van der Waals surface area contributed by atoms with Gasteiger partial charge in [-0.25, -0.2) is 9.97 Å². The summed E-state index contributed by atoms with van der Waals surface area (Å²) in [6, 6.07) is 7.65. The van der Waals surface area contributed by atoms with Crippen LogP contribution in [0.2, 0.25) is 0 Å². The fourth-order valence-corrected chi connectivity index (χ4v) is 2.18. The lowest BCUT2D eigenvalue weighted by molar-refractivity contribution is 1.00. The van der Waals surface area contributed by atoms with Gasteiger partial charge in [-0.3, -0.25) is 4.79 Å². The molecular formula is C12H9N3OS. The Balaban J connectivity index is 2.54. The number of hydrogen-bond acceptors (Lipinski definition) is 4. The molecule has 0 aliphatic carbocycles. The molecule has 84 valence electrons. The molecule has 0 amide bonds. The quantitative estimate of drug-likeness (QED) is 0.404. The Hall–Kier alpha value is -1.88. The Morgan fingerprint density at radius 1 is 1.24 bits per heavy atom. The van der Waals surface area contributed by atoms with Gasteiger partial charge in [-0.05, 0) is 12.3 Å². The number of H-pyrrole nitrogens is 1. The van der Waals surface area contributed by atoms with E-state index in [1.54, 1.807) is 6.20 Å². The highest BCUT2D eigenvalue weighted by molar-refractivity contribution is 7.98. The lowest BCUT2D eigenvalue weighted by Crippen LogP contribution is -2.09. The molecule has 4 nitrogen and oxygen atoms in total. The van der Waals surface area contributed by atoms with Crippen LogP contribution in [0.25, 0.3) is 21.8 Å². The maximum Gasteiger partial charge on any atom is 0.275 e. The predicted molar refractivity (Wildman–Crippen MR) is 69.4 cm³/mol. The van der Waals surface area contributed by atoms with Crippen molar-refractivity contribution < 1.29 is 0 Å². The number of benzene rings is 1. The van der Waals surface area contributed by atoms with Crippen LogP contribution >= 0.6 is 11.8 Å². The fraction of sp³-hybridized carbons (Fsp3) is 0.0833. The van der Waals surface area contributed by atoms with Crippen LogP contribution < -0.4 is 5.56 Å². The van der Waals surface area contributed by atoms with Gasteiger partial charge < -0.3 is 4.98 Å². The van der Waals surface area contributed by atoms with Crippen molar-refractivity contribution in [1.82, 2.24) is 15.0 Å². The third-order valence-electron chi connectivity index (χ3n) is 2.63. The maximum absolute atomic E-state index is 11.9. The van der Waals surface area contributed by atoms with Crippen molar-refractivity contribution in [3.63, 3.8) is 0 Å². The monoisotopic (exact) mass is 243 g/mol. The minimum Gasteiger partial charge on any atom is -0.320 e. The Morgan fingerprint density at radius 2 is 2.06 bits per heavy atom. The minimum atomic E-state index is -0.170. The second-order valence-corrected chi connectivity index (χ2v) is 4.39. The first kappa shape index (κ1) is 10.3. The summed E-state index contributed by atoms with van der Waals surface area (Å²) in [5.41, 5.74) is 1.09. The molecule has 0 fully saturated rings. The molecule has 1 aromatic carbocycles. The first-order valence-electron chi connectivity index (χ1n) is 5.11. The molecular weight excluding hydrogens is 234 g/mol. The SMILES string of the molecule is CSc1ncc2c(n1)c(=O)[nH]c1ccccc12. The van der Waals surface area contributed by atoms with Gasteiger partial charge in [0.15, 0.2) is 5.16 Å². The second kappa shape index (κ2) is 3.85. The predicted octanol–water partition coefficient (Wildman–Crippen LogP) is 2.19. The second-order valence-electron chi connectivity index (χ2n) is 3.62. The number of rotatable bonds is 1. The zero-order valence-corrected chi connectivity index (χ0v) is 9.91. The smallest absolute Gasteiger partial charge is 0.275 e. The highest BCUT2D eigenvalue weighted by Gasteiger charge is 2.07. The summed E-state index contributed by atoms with van der Waals surface area (Å²) in [5.74, 6) is 0. The molecule has 5 heteroatoms. The first-order chi connectivity index (χ1) is 8.29. The van der Waals surface area contributed by atoms with Gasteiger partial charge in [0.25, 0.3) is 5.56 Å².